The number of carbonyl (C=O) groups is 1. The monoisotopic (exact) mass is 298 g/mol. The molecule has 2 aromatic rings. The Labute approximate surface area is 131 Å². The molecule has 3 rings (SSSR count). The molecule has 1 aromatic carbocycles. The zero-order chi connectivity index (χ0) is 15.7. The molecule has 1 atom stereocenters. The molecule has 22 heavy (non-hydrogen) atoms. The van der Waals surface area contributed by atoms with Gasteiger partial charge in [-0.25, -0.2) is 4.98 Å². The molecule has 1 unspecified atom stereocenters. The molecule has 1 aliphatic rings. The van der Waals surface area contributed by atoms with Crippen molar-refractivity contribution < 1.29 is 4.79 Å². The minimum Gasteiger partial charge on any atom is -0.336 e. The third-order valence-corrected chi connectivity index (χ3v) is 4.50. The maximum absolute atomic E-state index is 13.1. The summed E-state index contributed by atoms with van der Waals surface area (Å²) in [6, 6.07) is 5.89. The summed E-state index contributed by atoms with van der Waals surface area (Å²) in [6.07, 6.45) is 3.70. The SMILES string of the molecule is Cc1cccc(C(=O)N2CCNCC2c2nccn2C)c1C. The number of benzene rings is 1. The molecule has 0 saturated carbocycles. The van der Waals surface area contributed by atoms with Crippen LogP contribution in [-0.2, 0) is 7.05 Å². The predicted molar refractivity (Wildman–Crippen MR) is 85.8 cm³/mol. The standard InChI is InChI=1S/C17H22N4O/c1-12-5-4-6-14(13(12)2)17(22)21-10-7-18-11-15(21)16-19-8-9-20(16)3/h4-6,8-9,15,18H,7,10-11H2,1-3H3. The lowest BCUT2D eigenvalue weighted by atomic mass is 10.0. The van der Waals surface area contributed by atoms with Crippen molar-refractivity contribution >= 4 is 5.91 Å². The van der Waals surface area contributed by atoms with Gasteiger partial charge in [0, 0.05) is 44.6 Å². The van der Waals surface area contributed by atoms with E-state index < -0.39 is 0 Å². The zero-order valence-corrected chi connectivity index (χ0v) is 13.3. The zero-order valence-electron chi connectivity index (χ0n) is 13.3. The highest BCUT2D eigenvalue weighted by atomic mass is 16.2. The third kappa shape index (κ3) is 2.52. The van der Waals surface area contributed by atoms with Gasteiger partial charge in [0.25, 0.3) is 5.91 Å². The molecule has 1 saturated heterocycles. The van der Waals surface area contributed by atoms with Crippen LogP contribution in [0.15, 0.2) is 30.6 Å². The number of nitrogens with one attached hydrogen (secondary N) is 1. The van der Waals surface area contributed by atoms with E-state index in [1.165, 1.54) is 0 Å². The Morgan fingerprint density at radius 1 is 1.36 bits per heavy atom. The van der Waals surface area contributed by atoms with Gasteiger partial charge >= 0.3 is 0 Å². The Bertz CT molecular complexity index is 692. The number of hydrogen-bond donors (Lipinski definition) is 1. The van der Waals surface area contributed by atoms with Crippen LogP contribution in [-0.4, -0.2) is 40.0 Å². The molecule has 1 aliphatic heterocycles. The first-order valence-corrected chi connectivity index (χ1v) is 7.64. The molecule has 5 heteroatoms. The average Bonchev–Trinajstić information content (AvgIpc) is 2.95. The number of carbonyl (C=O) groups excluding carboxylic acids is 1. The fourth-order valence-corrected chi connectivity index (χ4v) is 3.01. The fourth-order valence-electron chi connectivity index (χ4n) is 3.01. The minimum absolute atomic E-state index is 0.0267. The van der Waals surface area contributed by atoms with Crippen LogP contribution in [0.1, 0.15) is 33.4 Å². The van der Waals surface area contributed by atoms with Gasteiger partial charge in [-0.3, -0.25) is 4.79 Å². The summed E-state index contributed by atoms with van der Waals surface area (Å²) in [6.45, 7) is 6.31. The lowest BCUT2D eigenvalue weighted by molar-refractivity contribution is 0.0620. The lowest BCUT2D eigenvalue weighted by Crippen LogP contribution is -2.49. The van der Waals surface area contributed by atoms with Crippen LogP contribution < -0.4 is 5.32 Å². The van der Waals surface area contributed by atoms with Gasteiger partial charge in [0.2, 0.25) is 0 Å². The summed E-state index contributed by atoms with van der Waals surface area (Å²) < 4.78 is 1.99. The number of rotatable bonds is 2. The molecular weight excluding hydrogens is 276 g/mol. The van der Waals surface area contributed by atoms with Crippen LogP contribution in [0.2, 0.25) is 0 Å². The Morgan fingerprint density at radius 2 is 2.18 bits per heavy atom. The first kappa shape index (κ1) is 14.8. The van der Waals surface area contributed by atoms with Crippen molar-refractivity contribution in [1.29, 1.82) is 0 Å². The quantitative estimate of drug-likeness (QED) is 0.920. The molecule has 1 aromatic heterocycles. The molecule has 116 valence electrons. The van der Waals surface area contributed by atoms with Gasteiger partial charge in [0.1, 0.15) is 11.9 Å². The number of amides is 1. The molecule has 2 heterocycles. The predicted octanol–water partition coefficient (Wildman–Crippen LogP) is 1.82. The van der Waals surface area contributed by atoms with Crippen molar-refractivity contribution in [2.45, 2.75) is 19.9 Å². The normalized spacial score (nSPS) is 18.5. The third-order valence-electron chi connectivity index (χ3n) is 4.50. The number of nitrogens with zero attached hydrogens (tertiary/aromatic N) is 3. The summed E-state index contributed by atoms with van der Waals surface area (Å²) in [5, 5.41) is 3.37. The summed E-state index contributed by atoms with van der Waals surface area (Å²) in [4.78, 5) is 19.4. The van der Waals surface area contributed by atoms with Crippen molar-refractivity contribution in [3.8, 4) is 0 Å². The van der Waals surface area contributed by atoms with Crippen LogP contribution >= 0.6 is 0 Å². The molecule has 5 nitrogen and oxygen atoms in total. The van der Waals surface area contributed by atoms with Gasteiger partial charge in [-0.05, 0) is 31.0 Å². The second-order valence-corrected chi connectivity index (χ2v) is 5.86. The van der Waals surface area contributed by atoms with E-state index >= 15 is 0 Å². The number of aromatic nitrogens is 2. The van der Waals surface area contributed by atoms with E-state index in [9.17, 15) is 4.79 Å². The first-order chi connectivity index (χ1) is 10.6. The molecule has 1 N–H and O–H groups in total. The van der Waals surface area contributed by atoms with Crippen LogP contribution in [0, 0.1) is 13.8 Å². The van der Waals surface area contributed by atoms with E-state index in [4.69, 9.17) is 0 Å². The average molecular weight is 298 g/mol. The molecular formula is C17H22N4O. The van der Waals surface area contributed by atoms with Crippen molar-refractivity contribution in [1.82, 2.24) is 19.8 Å². The lowest BCUT2D eigenvalue weighted by Gasteiger charge is -2.36. The Hall–Kier alpha value is -2.14. The van der Waals surface area contributed by atoms with Crippen LogP contribution in [0.25, 0.3) is 0 Å². The van der Waals surface area contributed by atoms with Crippen molar-refractivity contribution in [3.05, 3.63) is 53.1 Å². The number of hydrogen-bond acceptors (Lipinski definition) is 3. The molecule has 0 bridgehead atoms. The van der Waals surface area contributed by atoms with Gasteiger partial charge in [-0.15, -0.1) is 0 Å². The van der Waals surface area contributed by atoms with Crippen LogP contribution in [0.5, 0.6) is 0 Å². The second-order valence-electron chi connectivity index (χ2n) is 5.86. The molecule has 1 fully saturated rings. The van der Waals surface area contributed by atoms with Gasteiger partial charge in [-0.1, -0.05) is 12.1 Å². The maximum atomic E-state index is 13.1. The molecule has 1 amide bonds. The van der Waals surface area contributed by atoms with Gasteiger partial charge < -0.3 is 14.8 Å². The first-order valence-electron chi connectivity index (χ1n) is 7.64. The fraction of sp³-hybridized carbons (Fsp3) is 0.412. The van der Waals surface area contributed by atoms with Crippen molar-refractivity contribution in [3.63, 3.8) is 0 Å². The highest BCUT2D eigenvalue weighted by Gasteiger charge is 2.31. The molecule has 0 spiro atoms. The summed E-state index contributed by atoms with van der Waals surface area (Å²) in [7, 11) is 1.97. The number of piperazine rings is 1. The number of imidazole rings is 1. The Balaban J connectivity index is 1.95. The largest absolute Gasteiger partial charge is 0.336 e. The van der Waals surface area contributed by atoms with Crippen LogP contribution in [0.3, 0.4) is 0 Å². The smallest absolute Gasteiger partial charge is 0.254 e. The topological polar surface area (TPSA) is 50.2 Å². The molecule has 0 radical (unpaired) electrons. The molecule has 0 aliphatic carbocycles. The van der Waals surface area contributed by atoms with Gasteiger partial charge in [0.15, 0.2) is 0 Å². The van der Waals surface area contributed by atoms with E-state index in [0.717, 1.165) is 35.6 Å². The highest BCUT2D eigenvalue weighted by Crippen LogP contribution is 2.24. The van der Waals surface area contributed by atoms with Gasteiger partial charge in [-0.2, -0.15) is 0 Å². The van der Waals surface area contributed by atoms with Crippen molar-refractivity contribution in [2.24, 2.45) is 7.05 Å². The maximum Gasteiger partial charge on any atom is 0.254 e. The summed E-state index contributed by atoms with van der Waals surface area (Å²) in [5.74, 6) is 1.02. The van der Waals surface area contributed by atoms with E-state index in [0.29, 0.717) is 6.54 Å². The van der Waals surface area contributed by atoms with E-state index in [2.05, 4.69) is 10.3 Å². The second kappa shape index (κ2) is 5.93. The van der Waals surface area contributed by atoms with Crippen molar-refractivity contribution in [2.75, 3.05) is 19.6 Å². The van der Waals surface area contributed by atoms with Gasteiger partial charge in [0.05, 0.1) is 0 Å². The van der Waals surface area contributed by atoms with Crippen LogP contribution in [0.4, 0.5) is 0 Å². The summed E-state index contributed by atoms with van der Waals surface area (Å²) >= 11 is 0. The van der Waals surface area contributed by atoms with E-state index in [1.54, 1.807) is 6.20 Å². The number of aryl methyl sites for hydroxylation is 2. The highest BCUT2D eigenvalue weighted by molar-refractivity contribution is 5.96. The summed E-state index contributed by atoms with van der Waals surface area (Å²) in [5.41, 5.74) is 3.00. The minimum atomic E-state index is -0.0267. The van der Waals surface area contributed by atoms with E-state index in [-0.39, 0.29) is 11.9 Å². The Morgan fingerprint density at radius 3 is 2.91 bits per heavy atom. The Kier molecular flexibility index (Phi) is 3.98. The van der Waals surface area contributed by atoms with E-state index in [1.807, 2.05) is 54.8 Å².